The van der Waals surface area contributed by atoms with E-state index < -0.39 is 0 Å². The molecule has 2 aromatic heterocycles. The average molecular weight is 391 g/mol. The van der Waals surface area contributed by atoms with Crippen LogP contribution in [0.5, 0.6) is 0 Å². The summed E-state index contributed by atoms with van der Waals surface area (Å²) in [5.74, 6) is 0.197. The van der Waals surface area contributed by atoms with Crippen LogP contribution in [0, 0.1) is 6.92 Å². The van der Waals surface area contributed by atoms with E-state index in [9.17, 15) is 9.59 Å². The zero-order valence-electron chi connectivity index (χ0n) is 16.9. The highest BCUT2D eigenvalue weighted by molar-refractivity contribution is 6.05. The molecule has 29 heavy (non-hydrogen) atoms. The standard InChI is InChI=1S/C23H25N3O3/c1-4-16(2)26(15-18-7-6-11-24-14-18)23(28)19-8-5-9-20(13-19)25-22(27)21-10-12-29-17(21)3/h5-14,16H,4,15H2,1-3H3,(H,25,27). The normalized spacial score (nSPS) is 11.7. The topological polar surface area (TPSA) is 75.4 Å². The summed E-state index contributed by atoms with van der Waals surface area (Å²) in [7, 11) is 0. The van der Waals surface area contributed by atoms with E-state index in [2.05, 4.69) is 17.2 Å². The number of aryl methyl sites for hydroxylation is 1. The summed E-state index contributed by atoms with van der Waals surface area (Å²) in [4.78, 5) is 31.7. The second-order valence-electron chi connectivity index (χ2n) is 6.98. The summed E-state index contributed by atoms with van der Waals surface area (Å²) in [5.41, 5.74) is 2.53. The minimum Gasteiger partial charge on any atom is -0.469 e. The number of furan rings is 1. The van der Waals surface area contributed by atoms with Crippen LogP contribution in [0.15, 0.2) is 65.5 Å². The molecular formula is C23H25N3O3. The van der Waals surface area contributed by atoms with E-state index in [0.29, 0.717) is 29.1 Å². The monoisotopic (exact) mass is 391 g/mol. The van der Waals surface area contributed by atoms with Crippen molar-refractivity contribution in [3.63, 3.8) is 0 Å². The first-order valence-corrected chi connectivity index (χ1v) is 9.65. The molecule has 0 aliphatic rings. The summed E-state index contributed by atoms with van der Waals surface area (Å²) in [6, 6.07) is 12.5. The number of anilines is 1. The summed E-state index contributed by atoms with van der Waals surface area (Å²) >= 11 is 0. The summed E-state index contributed by atoms with van der Waals surface area (Å²) < 4.78 is 5.19. The summed E-state index contributed by atoms with van der Waals surface area (Å²) in [6.45, 7) is 6.30. The van der Waals surface area contributed by atoms with Gasteiger partial charge in [0.1, 0.15) is 5.76 Å². The third kappa shape index (κ3) is 4.90. The van der Waals surface area contributed by atoms with Crippen LogP contribution in [0.3, 0.4) is 0 Å². The lowest BCUT2D eigenvalue weighted by molar-refractivity contribution is 0.0671. The fraction of sp³-hybridized carbons (Fsp3) is 0.261. The Kier molecular flexibility index (Phi) is 6.44. The van der Waals surface area contributed by atoms with Gasteiger partial charge in [0.05, 0.1) is 11.8 Å². The molecule has 2 amide bonds. The summed E-state index contributed by atoms with van der Waals surface area (Å²) in [6.07, 6.45) is 5.80. The molecule has 2 heterocycles. The maximum Gasteiger partial charge on any atom is 0.259 e. The third-order valence-electron chi connectivity index (χ3n) is 4.93. The number of nitrogens with one attached hydrogen (secondary N) is 1. The van der Waals surface area contributed by atoms with Crippen LogP contribution in [-0.4, -0.2) is 27.7 Å². The first-order valence-electron chi connectivity index (χ1n) is 9.65. The van der Waals surface area contributed by atoms with Crippen molar-refractivity contribution in [1.29, 1.82) is 0 Å². The fourth-order valence-corrected chi connectivity index (χ4v) is 3.05. The SMILES string of the molecule is CCC(C)N(Cc1cccnc1)C(=O)c1cccc(NC(=O)c2ccoc2C)c1. The van der Waals surface area contributed by atoms with E-state index in [1.165, 1.54) is 6.26 Å². The highest BCUT2D eigenvalue weighted by atomic mass is 16.3. The van der Waals surface area contributed by atoms with E-state index in [0.717, 1.165) is 12.0 Å². The van der Waals surface area contributed by atoms with Crippen LogP contribution < -0.4 is 5.32 Å². The molecule has 0 aliphatic heterocycles. The van der Waals surface area contributed by atoms with E-state index in [1.54, 1.807) is 49.6 Å². The molecule has 1 unspecified atom stereocenters. The van der Waals surface area contributed by atoms with Crippen molar-refractivity contribution in [1.82, 2.24) is 9.88 Å². The highest BCUT2D eigenvalue weighted by Crippen LogP contribution is 2.19. The molecule has 0 bridgehead atoms. The lowest BCUT2D eigenvalue weighted by Crippen LogP contribution is -2.37. The Bertz CT molecular complexity index is 982. The molecule has 1 aromatic carbocycles. The van der Waals surface area contributed by atoms with E-state index in [-0.39, 0.29) is 17.9 Å². The van der Waals surface area contributed by atoms with Gasteiger partial charge in [-0.3, -0.25) is 14.6 Å². The van der Waals surface area contributed by atoms with Crippen molar-refractivity contribution in [3.8, 4) is 0 Å². The first-order chi connectivity index (χ1) is 14.0. The molecule has 0 saturated carbocycles. The van der Waals surface area contributed by atoms with E-state index in [4.69, 9.17) is 4.42 Å². The van der Waals surface area contributed by atoms with Crippen LogP contribution >= 0.6 is 0 Å². The van der Waals surface area contributed by atoms with Gasteiger partial charge in [0, 0.05) is 36.2 Å². The van der Waals surface area contributed by atoms with Gasteiger partial charge in [-0.2, -0.15) is 0 Å². The van der Waals surface area contributed by atoms with Gasteiger partial charge in [-0.15, -0.1) is 0 Å². The number of aromatic nitrogens is 1. The maximum atomic E-state index is 13.2. The third-order valence-corrected chi connectivity index (χ3v) is 4.93. The minimum atomic E-state index is -0.269. The molecular weight excluding hydrogens is 366 g/mol. The van der Waals surface area contributed by atoms with Gasteiger partial charge in [-0.05, 0) is 56.2 Å². The molecule has 6 heteroatoms. The molecule has 150 valence electrons. The quantitative estimate of drug-likeness (QED) is 0.635. The minimum absolute atomic E-state index is 0.0644. The number of benzene rings is 1. The molecule has 0 radical (unpaired) electrons. The predicted molar refractivity (Wildman–Crippen MR) is 112 cm³/mol. The van der Waals surface area contributed by atoms with Gasteiger partial charge in [0.25, 0.3) is 11.8 Å². The fourth-order valence-electron chi connectivity index (χ4n) is 3.05. The number of hydrogen-bond acceptors (Lipinski definition) is 4. The van der Waals surface area contributed by atoms with E-state index in [1.807, 2.05) is 24.0 Å². The van der Waals surface area contributed by atoms with Gasteiger partial charge in [0.15, 0.2) is 0 Å². The average Bonchev–Trinajstić information content (AvgIpc) is 3.18. The molecule has 0 spiro atoms. The largest absolute Gasteiger partial charge is 0.469 e. The predicted octanol–water partition coefficient (Wildman–Crippen LogP) is 4.68. The zero-order valence-corrected chi connectivity index (χ0v) is 16.9. The Morgan fingerprint density at radius 3 is 2.69 bits per heavy atom. The Morgan fingerprint density at radius 2 is 2.03 bits per heavy atom. The molecule has 1 atom stereocenters. The maximum absolute atomic E-state index is 13.2. The number of carbonyl (C=O) groups is 2. The van der Waals surface area contributed by atoms with Gasteiger partial charge < -0.3 is 14.6 Å². The molecule has 3 aromatic rings. The van der Waals surface area contributed by atoms with Gasteiger partial charge in [-0.1, -0.05) is 19.1 Å². The lowest BCUT2D eigenvalue weighted by Gasteiger charge is -2.29. The summed E-state index contributed by atoms with van der Waals surface area (Å²) in [5, 5.41) is 2.83. The van der Waals surface area contributed by atoms with Crippen LogP contribution in [0.1, 0.15) is 52.3 Å². The van der Waals surface area contributed by atoms with Gasteiger partial charge in [0.2, 0.25) is 0 Å². The van der Waals surface area contributed by atoms with Crippen LogP contribution in [0.4, 0.5) is 5.69 Å². The van der Waals surface area contributed by atoms with Gasteiger partial charge in [-0.25, -0.2) is 0 Å². The molecule has 1 N–H and O–H groups in total. The van der Waals surface area contributed by atoms with Crippen molar-refractivity contribution < 1.29 is 14.0 Å². The van der Waals surface area contributed by atoms with Crippen LogP contribution in [0.25, 0.3) is 0 Å². The number of rotatable bonds is 7. The molecule has 0 aliphatic carbocycles. The molecule has 0 saturated heterocycles. The lowest BCUT2D eigenvalue weighted by atomic mass is 10.1. The van der Waals surface area contributed by atoms with Crippen molar-refractivity contribution in [2.45, 2.75) is 39.8 Å². The van der Waals surface area contributed by atoms with E-state index >= 15 is 0 Å². The molecule has 6 nitrogen and oxygen atoms in total. The number of hydrogen-bond donors (Lipinski definition) is 1. The van der Waals surface area contributed by atoms with Crippen molar-refractivity contribution in [3.05, 3.63) is 83.6 Å². The Hall–Kier alpha value is -3.41. The molecule has 0 fully saturated rings. The number of nitrogens with zero attached hydrogens (tertiary/aromatic N) is 2. The number of amides is 2. The molecule has 3 rings (SSSR count). The Balaban J connectivity index is 1.80. The first kappa shape index (κ1) is 20.3. The second-order valence-corrected chi connectivity index (χ2v) is 6.98. The highest BCUT2D eigenvalue weighted by Gasteiger charge is 2.21. The smallest absolute Gasteiger partial charge is 0.259 e. The number of carbonyl (C=O) groups excluding carboxylic acids is 2. The van der Waals surface area contributed by atoms with Crippen molar-refractivity contribution >= 4 is 17.5 Å². The Labute approximate surface area is 170 Å². The zero-order chi connectivity index (χ0) is 20.8. The van der Waals surface area contributed by atoms with Gasteiger partial charge >= 0.3 is 0 Å². The van der Waals surface area contributed by atoms with Crippen molar-refractivity contribution in [2.75, 3.05) is 5.32 Å². The Morgan fingerprint density at radius 1 is 1.21 bits per heavy atom. The van der Waals surface area contributed by atoms with Crippen molar-refractivity contribution in [2.24, 2.45) is 0 Å². The van der Waals surface area contributed by atoms with Crippen LogP contribution in [0.2, 0.25) is 0 Å². The van der Waals surface area contributed by atoms with Crippen LogP contribution in [-0.2, 0) is 6.54 Å². The second kappa shape index (κ2) is 9.19. The number of pyridine rings is 1.